The van der Waals surface area contributed by atoms with E-state index in [0.717, 1.165) is 6.07 Å². The second-order valence-corrected chi connectivity index (χ2v) is 8.20. The fourth-order valence-corrected chi connectivity index (χ4v) is 3.86. The minimum atomic E-state index is -0.771. The molecule has 3 aromatic heterocycles. The highest BCUT2D eigenvalue weighted by atomic mass is 19.1. The molecule has 0 bridgehead atoms. The molecule has 2 aromatic carbocycles. The van der Waals surface area contributed by atoms with E-state index in [1.165, 1.54) is 75.3 Å². The molecule has 0 fully saturated rings. The molecule has 0 unspecified atom stereocenters. The van der Waals surface area contributed by atoms with Gasteiger partial charge in [0.25, 0.3) is 11.8 Å². The first-order chi connectivity index (χ1) is 18.9. The van der Waals surface area contributed by atoms with Crippen molar-refractivity contribution in [2.24, 2.45) is 0 Å². The highest BCUT2D eigenvalue weighted by Gasteiger charge is 2.17. The Labute approximate surface area is 220 Å². The third-order valence-corrected chi connectivity index (χ3v) is 5.77. The maximum Gasteiger partial charge on any atom is 0.261 e. The van der Waals surface area contributed by atoms with Crippen molar-refractivity contribution in [3.63, 3.8) is 0 Å². The molecule has 11 heteroatoms. The second kappa shape index (κ2) is 10.6. The molecule has 0 aliphatic rings. The van der Waals surface area contributed by atoms with Crippen molar-refractivity contribution < 1.29 is 27.8 Å². The van der Waals surface area contributed by atoms with E-state index in [0.29, 0.717) is 22.3 Å². The number of halogens is 2. The van der Waals surface area contributed by atoms with Gasteiger partial charge >= 0.3 is 0 Å². The SMILES string of the molecule is COc1cc2nccc(Oc3ccc(NC(=O)c4c[nH]cc(-c5ccc(F)cc5)c4=O)cc3F)c2nc1OC. The van der Waals surface area contributed by atoms with Gasteiger partial charge in [0, 0.05) is 48.0 Å². The summed E-state index contributed by atoms with van der Waals surface area (Å²) in [5.74, 6) is -1.30. The van der Waals surface area contributed by atoms with Crippen LogP contribution in [0.25, 0.3) is 22.2 Å². The molecule has 0 radical (unpaired) electrons. The van der Waals surface area contributed by atoms with Crippen LogP contribution in [0.3, 0.4) is 0 Å². The van der Waals surface area contributed by atoms with Crippen LogP contribution in [-0.4, -0.2) is 35.1 Å². The number of carbonyl (C=O) groups excluding carboxylic acids is 1. The van der Waals surface area contributed by atoms with Crippen LogP contribution in [0.15, 0.2) is 78.0 Å². The van der Waals surface area contributed by atoms with Gasteiger partial charge in [0.2, 0.25) is 5.43 Å². The number of ether oxygens (including phenoxy) is 3. The van der Waals surface area contributed by atoms with E-state index in [1.54, 1.807) is 6.07 Å². The molecule has 0 saturated heterocycles. The molecule has 3 heterocycles. The van der Waals surface area contributed by atoms with Gasteiger partial charge in [-0.2, -0.15) is 0 Å². The molecule has 2 N–H and O–H groups in total. The number of methoxy groups -OCH3 is 2. The number of hydrogen-bond donors (Lipinski definition) is 2. The van der Waals surface area contributed by atoms with E-state index < -0.39 is 23.0 Å². The van der Waals surface area contributed by atoms with Crippen LogP contribution >= 0.6 is 0 Å². The highest BCUT2D eigenvalue weighted by Crippen LogP contribution is 2.35. The van der Waals surface area contributed by atoms with Gasteiger partial charge in [0.05, 0.1) is 19.7 Å². The summed E-state index contributed by atoms with van der Waals surface area (Å²) in [5, 5.41) is 2.51. The van der Waals surface area contributed by atoms with E-state index >= 15 is 0 Å². The van der Waals surface area contributed by atoms with Gasteiger partial charge < -0.3 is 24.5 Å². The Morgan fingerprint density at radius 2 is 1.72 bits per heavy atom. The van der Waals surface area contributed by atoms with E-state index in [1.807, 2.05) is 0 Å². The zero-order valence-corrected chi connectivity index (χ0v) is 20.6. The summed E-state index contributed by atoms with van der Waals surface area (Å²) >= 11 is 0. The number of amides is 1. The van der Waals surface area contributed by atoms with E-state index in [-0.39, 0.29) is 34.2 Å². The maximum atomic E-state index is 15.0. The number of hydrogen-bond acceptors (Lipinski definition) is 7. The predicted molar refractivity (Wildman–Crippen MR) is 140 cm³/mol. The van der Waals surface area contributed by atoms with Crippen LogP contribution in [0.2, 0.25) is 0 Å². The Hall–Kier alpha value is -5.32. The zero-order valence-electron chi connectivity index (χ0n) is 20.6. The fraction of sp³-hybridized carbons (Fsp3) is 0.0714. The Morgan fingerprint density at radius 3 is 2.44 bits per heavy atom. The zero-order chi connectivity index (χ0) is 27.5. The average Bonchev–Trinajstić information content (AvgIpc) is 2.94. The van der Waals surface area contributed by atoms with Crippen molar-refractivity contribution in [1.29, 1.82) is 0 Å². The molecule has 5 aromatic rings. The Balaban J connectivity index is 1.38. The summed E-state index contributed by atoms with van der Waals surface area (Å²) in [7, 11) is 2.91. The minimum Gasteiger partial charge on any atom is -0.491 e. The number of nitrogens with zero attached hydrogens (tertiary/aromatic N) is 2. The Bertz CT molecular complexity index is 1760. The molecule has 9 nitrogen and oxygen atoms in total. The minimum absolute atomic E-state index is 0.0977. The summed E-state index contributed by atoms with van der Waals surface area (Å²) in [6.07, 6.45) is 4.14. The van der Waals surface area contributed by atoms with Crippen LogP contribution in [0, 0.1) is 11.6 Å². The smallest absolute Gasteiger partial charge is 0.261 e. The second-order valence-electron chi connectivity index (χ2n) is 8.20. The number of pyridine rings is 3. The van der Waals surface area contributed by atoms with E-state index in [4.69, 9.17) is 14.2 Å². The van der Waals surface area contributed by atoms with Gasteiger partial charge in [-0.15, -0.1) is 0 Å². The monoisotopic (exact) mass is 530 g/mol. The lowest BCUT2D eigenvalue weighted by molar-refractivity contribution is 0.102. The fourth-order valence-electron chi connectivity index (χ4n) is 3.86. The topological polar surface area (TPSA) is 115 Å². The van der Waals surface area contributed by atoms with Gasteiger partial charge in [0.15, 0.2) is 23.1 Å². The molecular weight excluding hydrogens is 510 g/mol. The van der Waals surface area contributed by atoms with Gasteiger partial charge in [-0.05, 0) is 29.8 Å². The summed E-state index contributed by atoms with van der Waals surface area (Å²) in [6, 6.07) is 12.3. The molecule has 5 rings (SSSR count). The van der Waals surface area contributed by atoms with Crippen molar-refractivity contribution in [3.8, 4) is 34.3 Å². The van der Waals surface area contributed by atoms with Crippen LogP contribution in [-0.2, 0) is 0 Å². The van der Waals surface area contributed by atoms with Crippen molar-refractivity contribution in [1.82, 2.24) is 15.0 Å². The van der Waals surface area contributed by atoms with Crippen LogP contribution in [0.4, 0.5) is 14.5 Å². The van der Waals surface area contributed by atoms with Crippen molar-refractivity contribution in [3.05, 3.63) is 101 Å². The molecule has 196 valence electrons. The number of fused-ring (bicyclic) bond motifs is 1. The largest absolute Gasteiger partial charge is 0.491 e. The maximum absolute atomic E-state index is 15.0. The highest BCUT2D eigenvalue weighted by molar-refractivity contribution is 6.04. The van der Waals surface area contributed by atoms with E-state index in [9.17, 15) is 18.4 Å². The molecule has 0 spiro atoms. The molecule has 39 heavy (non-hydrogen) atoms. The standard InChI is InChI=1S/C28H20F2N4O5/c1-37-24-12-21-25(34-28(24)38-2)23(9-10-32-21)39-22-8-7-17(11-20(22)30)33-27(36)19-14-31-13-18(26(19)35)15-3-5-16(29)6-4-15/h3-14H,1-2H3,(H,31,35)(H,33,36). The molecule has 1 amide bonds. The number of carbonyl (C=O) groups is 1. The lowest BCUT2D eigenvalue weighted by Gasteiger charge is -2.12. The number of nitrogens with one attached hydrogen (secondary N) is 2. The van der Waals surface area contributed by atoms with Crippen molar-refractivity contribution in [2.75, 3.05) is 19.5 Å². The quantitative estimate of drug-likeness (QED) is 0.292. The lowest BCUT2D eigenvalue weighted by Crippen LogP contribution is -2.22. The number of H-pyrrole nitrogens is 1. The first-order valence-electron chi connectivity index (χ1n) is 11.5. The summed E-state index contributed by atoms with van der Waals surface area (Å²) < 4.78 is 44.5. The number of anilines is 1. The van der Waals surface area contributed by atoms with E-state index in [2.05, 4.69) is 20.3 Å². The normalized spacial score (nSPS) is 10.8. The summed E-state index contributed by atoms with van der Waals surface area (Å²) in [5.41, 5.74) is 0.730. The van der Waals surface area contributed by atoms with Crippen molar-refractivity contribution >= 4 is 22.6 Å². The Morgan fingerprint density at radius 1 is 0.923 bits per heavy atom. The predicted octanol–water partition coefficient (Wildman–Crippen LogP) is 5.33. The van der Waals surface area contributed by atoms with Crippen LogP contribution < -0.4 is 25.0 Å². The van der Waals surface area contributed by atoms with Gasteiger partial charge in [-0.3, -0.25) is 14.6 Å². The van der Waals surface area contributed by atoms with Crippen LogP contribution in [0.5, 0.6) is 23.1 Å². The number of aromatic amines is 1. The molecule has 0 saturated carbocycles. The molecular formula is C28H20F2N4O5. The first kappa shape index (κ1) is 25.3. The molecule has 0 aliphatic heterocycles. The van der Waals surface area contributed by atoms with Gasteiger partial charge in [0.1, 0.15) is 16.9 Å². The summed E-state index contributed by atoms with van der Waals surface area (Å²) in [4.78, 5) is 37.1. The summed E-state index contributed by atoms with van der Waals surface area (Å²) in [6.45, 7) is 0. The lowest BCUT2D eigenvalue weighted by atomic mass is 10.0. The molecule has 0 aliphatic carbocycles. The van der Waals surface area contributed by atoms with Gasteiger partial charge in [-0.1, -0.05) is 12.1 Å². The number of benzene rings is 2. The third kappa shape index (κ3) is 5.10. The first-order valence-corrected chi connectivity index (χ1v) is 11.5. The average molecular weight is 530 g/mol. The number of rotatable bonds is 7. The van der Waals surface area contributed by atoms with Crippen LogP contribution in [0.1, 0.15) is 10.4 Å². The Kier molecular flexibility index (Phi) is 6.87. The number of aromatic nitrogens is 3. The third-order valence-electron chi connectivity index (χ3n) is 5.77. The molecule has 0 atom stereocenters. The van der Waals surface area contributed by atoms with Gasteiger partial charge in [-0.25, -0.2) is 13.8 Å². The van der Waals surface area contributed by atoms with Crippen molar-refractivity contribution in [2.45, 2.75) is 0 Å².